The Balaban J connectivity index is 1.48. The molecule has 7 heteroatoms. The monoisotopic (exact) mass is 428 g/mol. The van der Waals surface area contributed by atoms with E-state index in [4.69, 9.17) is 14.2 Å². The van der Waals surface area contributed by atoms with Crippen molar-refractivity contribution >= 4 is 23.5 Å². The van der Waals surface area contributed by atoms with Crippen LogP contribution in [0.4, 0.5) is 10.5 Å². The van der Waals surface area contributed by atoms with E-state index in [-0.39, 0.29) is 11.6 Å². The molecule has 2 aliphatic heterocycles. The summed E-state index contributed by atoms with van der Waals surface area (Å²) >= 11 is 1.66. The van der Waals surface area contributed by atoms with E-state index in [0.29, 0.717) is 19.7 Å². The summed E-state index contributed by atoms with van der Waals surface area (Å²) in [6.07, 6.45) is 4.40. The number of carbonyl (C=O) groups is 1. The number of ether oxygens (including phenoxy) is 3. The standard InChI is InChI=1S/C23H28N2O4S/c1-27-20-13-16-7-12-29-23(19(16)15-21(20)28-2)8-10-25(11-9-23)22(26)24-17-5-4-6-18(14-17)30-3/h4-6,13-15H,7-12H2,1-3H3,(H,24,26). The predicted octanol–water partition coefficient (Wildman–Crippen LogP) is 4.52. The normalized spacial score (nSPS) is 17.4. The fourth-order valence-corrected chi connectivity index (χ4v) is 4.83. The van der Waals surface area contributed by atoms with Crippen molar-refractivity contribution in [3.8, 4) is 11.5 Å². The van der Waals surface area contributed by atoms with E-state index >= 15 is 0 Å². The number of piperidine rings is 1. The maximum absolute atomic E-state index is 12.8. The molecule has 2 aliphatic rings. The summed E-state index contributed by atoms with van der Waals surface area (Å²) in [4.78, 5) is 15.8. The molecule has 0 bridgehead atoms. The highest BCUT2D eigenvalue weighted by Crippen LogP contribution is 2.45. The van der Waals surface area contributed by atoms with Gasteiger partial charge in [0, 0.05) is 23.7 Å². The van der Waals surface area contributed by atoms with E-state index in [1.54, 1.807) is 26.0 Å². The number of hydrogen-bond acceptors (Lipinski definition) is 5. The lowest BCUT2D eigenvalue weighted by Crippen LogP contribution is -2.49. The number of urea groups is 1. The Hall–Kier alpha value is -2.38. The molecule has 2 aromatic carbocycles. The van der Waals surface area contributed by atoms with Crippen LogP contribution in [0.1, 0.15) is 24.0 Å². The van der Waals surface area contributed by atoms with Gasteiger partial charge in [-0.05, 0) is 67.0 Å². The first-order valence-corrected chi connectivity index (χ1v) is 11.4. The molecule has 6 nitrogen and oxygen atoms in total. The Morgan fingerprint density at radius 1 is 1.13 bits per heavy atom. The van der Waals surface area contributed by atoms with Gasteiger partial charge in [-0.2, -0.15) is 0 Å². The fraction of sp³-hybridized carbons (Fsp3) is 0.435. The molecular formula is C23H28N2O4S. The van der Waals surface area contributed by atoms with Crippen LogP contribution in [-0.2, 0) is 16.8 Å². The molecule has 30 heavy (non-hydrogen) atoms. The van der Waals surface area contributed by atoms with Gasteiger partial charge in [0.1, 0.15) is 0 Å². The molecule has 1 spiro atoms. The molecule has 0 aromatic heterocycles. The Morgan fingerprint density at radius 3 is 2.57 bits per heavy atom. The lowest BCUT2D eigenvalue weighted by atomic mass is 9.79. The van der Waals surface area contributed by atoms with Gasteiger partial charge < -0.3 is 24.4 Å². The minimum absolute atomic E-state index is 0.0635. The van der Waals surface area contributed by atoms with Gasteiger partial charge in [-0.3, -0.25) is 0 Å². The summed E-state index contributed by atoms with van der Waals surface area (Å²) in [7, 11) is 3.31. The second-order valence-electron chi connectivity index (χ2n) is 7.61. The summed E-state index contributed by atoms with van der Waals surface area (Å²) in [6.45, 7) is 1.96. The lowest BCUT2D eigenvalue weighted by molar-refractivity contribution is -0.0922. The minimum Gasteiger partial charge on any atom is -0.493 e. The quantitative estimate of drug-likeness (QED) is 0.726. The molecule has 0 atom stereocenters. The fourth-order valence-electron chi connectivity index (χ4n) is 4.37. The smallest absolute Gasteiger partial charge is 0.321 e. The number of thioether (sulfide) groups is 1. The van der Waals surface area contributed by atoms with Gasteiger partial charge in [-0.15, -0.1) is 11.8 Å². The molecule has 0 unspecified atom stereocenters. The number of nitrogens with one attached hydrogen (secondary N) is 1. The molecule has 0 aliphatic carbocycles. The van der Waals surface area contributed by atoms with E-state index in [1.165, 1.54) is 11.1 Å². The molecule has 2 aromatic rings. The number of rotatable bonds is 4. The molecule has 1 saturated heterocycles. The first-order chi connectivity index (χ1) is 14.6. The summed E-state index contributed by atoms with van der Waals surface area (Å²) in [5.41, 5.74) is 2.86. The van der Waals surface area contributed by atoms with Gasteiger partial charge in [-0.25, -0.2) is 4.79 Å². The number of carbonyl (C=O) groups excluding carboxylic acids is 1. The highest BCUT2D eigenvalue weighted by Gasteiger charge is 2.42. The van der Waals surface area contributed by atoms with Crippen LogP contribution in [0.5, 0.6) is 11.5 Å². The number of anilines is 1. The maximum Gasteiger partial charge on any atom is 0.321 e. The van der Waals surface area contributed by atoms with Gasteiger partial charge in [0.25, 0.3) is 0 Å². The number of hydrogen-bond donors (Lipinski definition) is 1. The summed E-state index contributed by atoms with van der Waals surface area (Å²) in [5.74, 6) is 1.47. The lowest BCUT2D eigenvalue weighted by Gasteiger charge is -2.45. The molecular weight excluding hydrogens is 400 g/mol. The highest BCUT2D eigenvalue weighted by molar-refractivity contribution is 7.98. The predicted molar refractivity (Wildman–Crippen MR) is 119 cm³/mol. The second-order valence-corrected chi connectivity index (χ2v) is 8.49. The average molecular weight is 429 g/mol. The van der Waals surface area contributed by atoms with Crippen LogP contribution in [0.25, 0.3) is 0 Å². The molecule has 0 radical (unpaired) electrons. The topological polar surface area (TPSA) is 60.0 Å². The van der Waals surface area contributed by atoms with Crippen LogP contribution >= 0.6 is 11.8 Å². The Labute approximate surface area is 181 Å². The SMILES string of the molecule is COc1cc2c(cc1OC)C1(CCN(C(=O)Nc3cccc(SC)c3)CC1)OCC2. The third-order valence-electron chi connectivity index (χ3n) is 6.03. The molecule has 160 valence electrons. The number of nitrogens with zero attached hydrogens (tertiary/aromatic N) is 1. The molecule has 2 heterocycles. The van der Waals surface area contributed by atoms with E-state index in [0.717, 1.165) is 41.3 Å². The summed E-state index contributed by atoms with van der Waals surface area (Å²) in [6, 6.07) is 12.0. The van der Waals surface area contributed by atoms with Gasteiger partial charge in [0.15, 0.2) is 11.5 Å². The Kier molecular flexibility index (Phi) is 6.11. The first kappa shape index (κ1) is 20.9. The molecule has 1 fully saturated rings. The van der Waals surface area contributed by atoms with E-state index in [1.807, 2.05) is 35.4 Å². The Bertz CT molecular complexity index is 925. The zero-order chi connectivity index (χ0) is 21.1. The van der Waals surface area contributed by atoms with Gasteiger partial charge in [0.05, 0.1) is 26.4 Å². The van der Waals surface area contributed by atoms with Crippen molar-refractivity contribution < 1.29 is 19.0 Å². The molecule has 2 amide bonds. The van der Waals surface area contributed by atoms with E-state index in [2.05, 4.69) is 17.4 Å². The van der Waals surface area contributed by atoms with Crippen molar-refractivity contribution in [2.75, 3.05) is 45.5 Å². The van der Waals surface area contributed by atoms with Crippen LogP contribution in [-0.4, -0.2) is 51.1 Å². The largest absolute Gasteiger partial charge is 0.493 e. The van der Waals surface area contributed by atoms with Crippen molar-refractivity contribution in [1.82, 2.24) is 4.90 Å². The average Bonchev–Trinajstić information content (AvgIpc) is 2.79. The second kappa shape index (κ2) is 8.78. The minimum atomic E-state index is -0.372. The number of amides is 2. The van der Waals surface area contributed by atoms with Crippen LogP contribution in [0.2, 0.25) is 0 Å². The highest BCUT2D eigenvalue weighted by atomic mass is 32.2. The van der Waals surface area contributed by atoms with Gasteiger partial charge in [-0.1, -0.05) is 6.07 Å². The summed E-state index contributed by atoms with van der Waals surface area (Å²) < 4.78 is 17.3. The molecule has 0 saturated carbocycles. The Morgan fingerprint density at radius 2 is 1.87 bits per heavy atom. The number of benzene rings is 2. The third-order valence-corrected chi connectivity index (χ3v) is 6.75. The van der Waals surface area contributed by atoms with Gasteiger partial charge >= 0.3 is 6.03 Å². The number of methoxy groups -OCH3 is 2. The van der Waals surface area contributed by atoms with Crippen LogP contribution in [0, 0.1) is 0 Å². The number of fused-ring (bicyclic) bond motifs is 2. The zero-order valence-corrected chi connectivity index (χ0v) is 18.5. The summed E-state index contributed by atoms with van der Waals surface area (Å²) in [5, 5.41) is 3.03. The third kappa shape index (κ3) is 3.96. The number of likely N-dealkylation sites (tertiary alicyclic amines) is 1. The van der Waals surface area contributed by atoms with Crippen molar-refractivity contribution in [3.63, 3.8) is 0 Å². The maximum atomic E-state index is 12.8. The van der Waals surface area contributed by atoms with Gasteiger partial charge in [0.2, 0.25) is 0 Å². The zero-order valence-electron chi connectivity index (χ0n) is 17.7. The molecule has 1 N–H and O–H groups in total. The van der Waals surface area contributed by atoms with Crippen molar-refractivity contribution in [2.45, 2.75) is 29.8 Å². The van der Waals surface area contributed by atoms with Crippen molar-refractivity contribution in [1.29, 1.82) is 0 Å². The van der Waals surface area contributed by atoms with Crippen molar-refractivity contribution in [3.05, 3.63) is 47.5 Å². The van der Waals surface area contributed by atoms with Crippen LogP contribution in [0.3, 0.4) is 0 Å². The first-order valence-electron chi connectivity index (χ1n) is 10.2. The van der Waals surface area contributed by atoms with E-state index in [9.17, 15) is 4.79 Å². The van der Waals surface area contributed by atoms with E-state index < -0.39 is 0 Å². The van der Waals surface area contributed by atoms with Crippen molar-refractivity contribution in [2.24, 2.45) is 0 Å². The van der Waals surface area contributed by atoms with Crippen LogP contribution < -0.4 is 14.8 Å². The van der Waals surface area contributed by atoms with Crippen LogP contribution in [0.15, 0.2) is 41.3 Å². The molecule has 4 rings (SSSR count).